The Balaban J connectivity index is 1.46. The highest BCUT2D eigenvalue weighted by Gasteiger charge is 2.61. The van der Waals surface area contributed by atoms with Crippen molar-refractivity contribution in [1.82, 2.24) is 5.01 Å². The molecule has 4 aliphatic rings. The van der Waals surface area contributed by atoms with Crippen LogP contribution < -0.4 is 0 Å². The van der Waals surface area contributed by atoms with Gasteiger partial charge in [-0.3, -0.25) is 9.59 Å². The predicted molar refractivity (Wildman–Crippen MR) is 117 cm³/mol. The Morgan fingerprint density at radius 1 is 0.733 bits per heavy atom. The molecular weight excluding hydrogens is 440 g/mol. The zero-order valence-electron chi connectivity index (χ0n) is 15.9. The van der Waals surface area contributed by atoms with Gasteiger partial charge in [0.05, 0.1) is 18.1 Å². The van der Waals surface area contributed by atoms with Gasteiger partial charge in [-0.15, -0.1) is 0 Å². The Morgan fingerprint density at radius 2 is 1.23 bits per heavy atom. The highest BCUT2D eigenvalue weighted by Crippen LogP contribution is 2.60. The molecule has 1 fully saturated rings. The first kappa shape index (κ1) is 17.8. The van der Waals surface area contributed by atoms with Crippen molar-refractivity contribution in [3.05, 3.63) is 105 Å². The van der Waals surface area contributed by atoms with E-state index < -0.39 is 11.8 Å². The maximum Gasteiger partial charge on any atom is 0.254 e. The van der Waals surface area contributed by atoms with Crippen molar-refractivity contribution >= 4 is 34.0 Å². The topological polar surface area (TPSA) is 49.7 Å². The molecule has 0 saturated carbocycles. The van der Waals surface area contributed by atoms with Gasteiger partial charge in [-0.05, 0) is 39.9 Å². The quantitative estimate of drug-likeness (QED) is 0.415. The Kier molecular flexibility index (Phi) is 3.84. The lowest BCUT2D eigenvalue weighted by molar-refractivity contribution is -0.139. The van der Waals surface area contributed by atoms with Gasteiger partial charge in [0.15, 0.2) is 0 Å². The van der Waals surface area contributed by atoms with Gasteiger partial charge in [-0.2, -0.15) is 10.1 Å². The van der Waals surface area contributed by atoms with Crippen LogP contribution in [0, 0.1) is 11.8 Å². The smallest absolute Gasteiger partial charge is 0.254 e. The highest BCUT2D eigenvalue weighted by molar-refractivity contribution is 9.10. The molecule has 3 aromatic rings. The van der Waals surface area contributed by atoms with Crippen LogP contribution in [-0.4, -0.2) is 23.0 Å². The van der Waals surface area contributed by atoms with E-state index in [1.165, 1.54) is 22.3 Å². The van der Waals surface area contributed by atoms with Crippen molar-refractivity contribution in [2.45, 2.75) is 11.8 Å². The van der Waals surface area contributed by atoms with Gasteiger partial charge in [-0.25, -0.2) is 0 Å². The van der Waals surface area contributed by atoms with Crippen LogP contribution >= 0.6 is 15.9 Å². The van der Waals surface area contributed by atoms with E-state index in [1.807, 2.05) is 48.5 Å². The molecule has 1 aliphatic heterocycles. The second-order valence-electron chi connectivity index (χ2n) is 8.05. The zero-order chi connectivity index (χ0) is 20.4. The van der Waals surface area contributed by atoms with Crippen LogP contribution in [0.15, 0.2) is 82.4 Å². The van der Waals surface area contributed by atoms with Crippen LogP contribution in [0.3, 0.4) is 0 Å². The number of imide groups is 1. The third kappa shape index (κ3) is 2.36. The zero-order valence-corrected chi connectivity index (χ0v) is 17.5. The minimum atomic E-state index is -0.396. The summed E-state index contributed by atoms with van der Waals surface area (Å²) in [5.74, 6) is -1.39. The van der Waals surface area contributed by atoms with Crippen molar-refractivity contribution in [3.63, 3.8) is 0 Å². The molecule has 2 amide bonds. The van der Waals surface area contributed by atoms with E-state index in [9.17, 15) is 9.59 Å². The summed E-state index contributed by atoms with van der Waals surface area (Å²) in [6.45, 7) is 0. The second-order valence-corrected chi connectivity index (χ2v) is 8.97. The molecule has 3 aliphatic carbocycles. The first-order valence-corrected chi connectivity index (χ1v) is 10.8. The van der Waals surface area contributed by atoms with E-state index in [1.54, 1.807) is 6.21 Å². The highest BCUT2D eigenvalue weighted by atomic mass is 79.9. The third-order valence-electron chi connectivity index (χ3n) is 6.60. The van der Waals surface area contributed by atoms with Crippen molar-refractivity contribution in [3.8, 4) is 0 Å². The molecule has 0 radical (unpaired) electrons. The van der Waals surface area contributed by atoms with Crippen molar-refractivity contribution in [2.75, 3.05) is 0 Å². The molecule has 146 valence electrons. The second kappa shape index (κ2) is 6.47. The molecule has 0 unspecified atom stereocenters. The molecule has 0 aromatic heterocycles. The fourth-order valence-corrected chi connectivity index (χ4v) is 5.90. The van der Waals surface area contributed by atoms with Crippen molar-refractivity contribution in [2.24, 2.45) is 16.9 Å². The van der Waals surface area contributed by atoms with Gasteiger partial charge in [-0.1, -0.05) is 76.6 Å². The molecular formula is C25H17BrN2O2. The Morgan fingerprint density at radius 3 is 1.70 bits per heavy atom. The van der Waals surface area contributed by atoms with E-state index >= 15 is 0 Å². The van der Waals surface area contributed by atoms with Crippen molar-refractivity contribution in [1.29, 1.82) is 0 Å². The largest absolute Gasteiger partial charge is 0.272 e. The van der Waals surface area contributed by atoms with E-state index in [-0.39, 0.29) is 23.7 Å². The number of nitrogens with zero attached hydrogens (tertiary/aromatic N) is 2. The van der Waals surface area contributed by atoms with Gasteiger partial charge in [0, 0.05) is 16.3 Å². The first-order chi connectivity index (χ1) is 14.6. The molecule has 2 atom stereocenters. The summed E-state index contributed by atoms with van der Waals surface area (Å²) in [5, 5.41) is 5.44. The van der Waals surface area contributed by atoms with Gasteiger partial charge in [0.25, 0.3) is 11.8 Å². The molecule has 30 heavy (non-hydrogen) atoms. The number of benzene rings is 3. The summed E-state index contributed by atoms with van der Waals surface area (Å²) < 4.78 is 0.920. The SMILES string of the molecule is O=C1[C@H]2C3c4ccccc4C(c4ccccc43)[C@@H]2C(=O)N1/N=C\c1cccc(Br)c1. The van der Waals surface area contributed by atoms with E-state index in [0.29, 0.717) is 0 Å². The van der Waals surface area contributed by atoms with Crippen LogP contribution in [0.5, 0.6) is 0 Å². The minimum Gasteiger partial charge on any atom is -0.272 e. The number of carbonyl (C=O) groups excluding carboxylic acids is 2. The Labute approximate surface area is 182 Å². The molecule has 4 nitrogen and oxygen atoms in total. The lowest BCUT2D eigenvalue weighted by atomic mass is 9.55. The van der Waals surface area contributed by atoms with Gasteiger partial charge >= 0.3 is 0 Å². The number of rotatable bonds is 2. The Bertz CT molecular complexity index is 1140. The molecule has 1 heterocycles. The predicted octanol–water partition coefficient (Wildman–Crippen LogP) is 4.68. The summed E-state index contributed by atoms with van der Waals surface area (Å²) in [6.07, 6.45) is 1.58. The van der Waals surface area contributed by atoms with E-state index in [4.69, 9.17) is 0 Å². The lowest BCUT2D eigenvalue weighted by Gasteiger charge is -2.45. The number of hydrazone groups is 1. The van der Waals surface area contributed by atoms with Crippen LogP contribution in [0.4, 0.5) is 0 Å². The van der Waals surface area contributed by atoms with Crippen LogP contribution in [-0.2, 0) is 9.59 Å². The standard InChI is InChI=1S/C25H17BrN2O2/c26-15-7-5-6-14(12-15)13-27-28-24(29)22-20-16-8-1-2-9-17(16)21(23(22)25(28)30)19-11-4-3-10-18(19)20/h1-13,20-23H/b27-13-/t20?,21?,22-,23-/m0/s1. The normalized spacial score (nSPS) is 26.1. The molecule has 7 rings (SSSR count). The van der Waals surface area contributed by atoms with Gasteiger partial charge in [0.1, 0.15) is 0 Å². The van der Waals surface area contributed by atoms with Gasteiger partial charge in [0.2, 0.25) is 0 Å². The number of halogens is 1. The first-order valence-electron chi connectivity index (χ1n) is 10.00. The lowest BCUT2D eigenvalue weighted by Crippen LogP contribution is -2.41. The molecule has 5 heteroatoms. The maximum absolute atomic E-state index is 13.4. The van der Waals surface area contributed by atoms with Crippen LogP contribution in [0.2, 0.25) is 0 Å². The number of hydrogen-bond acceptors (Lipinski definition) is 3. The van der Waals surface area contributed by atoms with Gasteiger partial charge < -0.3 is 0 Å². The average Bonchev–Trinajstić information content (AvgIpc) is 3.03. The summed E-state index contributed by atoms with van der Waals surface area (Å²) in [5.41, 5.74) is 5.50. The Hall–Kier alpha value is -3.05. The number of hydrogen-bond donors (Lipinski definition) is 0. The molecule has 0 spiro atoms. The summed E-state index contributed by atoms with van der Waals surface area (Å²) >= 11 is 3.44. The summed E-state index contributed by atoms with van der Waals surface area (Å²) in [4.78, 5) is 26.9. The molecule has 2 bridgehead atoms. The minimum absolute atomic E-state index is 0.102. The maximum atomic E-state index is 13.4. The summed E-state index contributed by atoms with van der Waals surface area (Å²) in [6, 6.07) is 24.1. The number of carbonyl (C=O) groups is 2. The fourth-order valence-electron chi connectivity index (χ4n) is 5.49. The third-order valence-corrected chi connectivity index (χ3v) is 7.09. The molecule has 3 aromatic carbocycles. The van der Waals surface area contributed by atoms with Crippen LogP contribution in [0.1, 0.15) is 39.7 Å². The fraction of sp³-hybridized carbons (Fsp3) is 0.160. The monoisotopic (exact) mass is 456 g/mol. The van der Waals surface area contributed by atoms with E-state index in [0.717, 1.165) is 15.0 Å². The average molecular weight is 457 g/mol. The van der Waals surface area contributed by atoms with E-state index in [2.05, 4.69) is 45.3 Å². The van der Waals surface area contributed by atoms with Crippen molar-refractivity contribution < 1.29 is 9.59 Å². The summed E-state index contributed by atoms with van der Waals surface area (Å²) in [7, 11) is 0. The molecule has 0 N–H and O–H groups in total. The van der Waals surface area contributed by atoms with Crippen LogP contribution in [0.25, 0.3) is 0 Å². The number of amides is 2. The molecule has 1 saturated heterocycles.